The average Bonchev–Trinajstić information content (AvgIpc) is 2.60. The van der Waals surface area contributed by atoms with E-state index in [-0.39, 0.29) is 30.4 Å². The second kappa shape index (κ2) is 8.89. The molecule has 0 radical (unpaired) electrons. The maximum absolute atomic E-state index is 12.2. The van der Waals surface area contributed by atoms with Crippen molar-refractivity contribution < 1.29 is 4.79 Å². The maximum atomic E-state index is 12.2. The van der Waals surface area contributed by atoms with Gasteiger partial charge in [-0.1, -0.05) is 31.5 Å². The third kappa shape index (κ3) is 4.75. The van der Waals surface area contributed by atoms with Gasteiger partial charge >= 0.3 is 5.69 Å². The Kier molecular flexibility index (Phi) is 6.60. The molecule has 0 fully saturated rings. The van der Waals surface area contributed by atoms with Gasteiger partial charge in [0.15, 0.2) is 0 Å². The Balaban J connectivity index is 2.09. The van der Waals surface area contributed by atoms with Crippen molar-refractivity contribution in [2.75, 3.05) is 29.5 Å². The highest BCUT2D eigenvalue weighted by Gasteiger charge is 2.16. The number of aromatic nitrogens is 2. The van der Waals surface area contributed by atoms with Crippen LogP contribution in [-0.4, -0.2) is 29.1 Å². The Hall–Kier alpha value is -3.03. The number of nitrogens with two attached hydrogens (primary N) is 1. The van der Waals surface area contributed by atoms with Gasteiger partial charge in [0, 0.05) is 32.2 Å². The fraction of sp³-hybridized carbons (Fsp3) is 0.389. The van der Waals surface area contributed by atoms with E-state index in [4.69, 9.17) is 5.73 Å². The van der Waals surface area contributed by atoms with E-state index < -0.39 is 11.2 Å². The number of carbonyl (C=O) groups is 1. The standard InChI is InChI=1S/C18H25N5O3/c1-3-4-11-23-16(19)15(17(25)21-18(23)26)22(2)12-10-14(24)20-13-8-6-5-7-9-13/h5-9H,3-4,10-12,19H2,1-2H3,(H,20,24)(H,21,25,26). The summed E-state index contributed by atoms with van der Waals surface area (Å²) in [5.74, 6) is -0.0458. The fourth-order valence-electron chi connectivity index (χ4n) is 2.61. The Morgan fingerprint density at radius 2 is 1.96 bits per heavy atom. The summed E-state index contributed by atoms with van der Waals surface area (Å²) in [7, 11) is 1.67. The summed E-state index contributed by atoms with van der Waals surface area (Å²) in [5, 5.41) is 2.79. The molecule has 0 saturated carbocycles. The molecule has 0 saturated heterocycles. The van der Waals surface area contributed by atoms with E-state index in [1.165, 1.54) is 4.57 Å². The minimum Gasteiger partial charge on any atom is -0.383 e. The minimum atomic E-state index is -0.550. The maximum Gasteiger partial charge on any atom is 0.330 e. The van der Waals surface area contributed by atoms with Gasteiger partial charge in [0.25, 0.3) is 5.56 Å². The molecule has 8 nitrogen and oxygen atoms in total. The quantitative estimate of drug-likeness (QED) is 0.659. The lowest BCUT2D eigenvalue weighted by atomic mass is 10.3. The molecular weight excluding hydrogens is 334 g/mol. The van der Waals surface area contributed by atoms with E-state index >= 15 is 0 Å². The number of benzene rings is 1. The highest BCUT2D eigenvalue weighted by atomic mass is 16.2. The second-order valence-electron chi connectivity index (χ2n) is 6.08. The van der Waals surface area contributed by atoms with Gasteiger partial charge in [0.2, 0.25) is 5.91 Å². The SMILES string of the molecule is CCCCn1c(N)c(N(C)CCC(=O)Nc2ccccc2)c(=O)[nH]c1=O. The van der Waals surface area contributed by atoms with Crippen molar-refractivity contribution in [3.05, 3.63) is 51.2 Å². The monoisotopic (exact) mass is 359 g/mol. The van der Waals surface area contributed by atoms with Crippen LogP contribution >= 0.6 is 0 Å². The molecule has 0 aliphatic heterocycles. The van der Waals surface area contributed by atoms with Crippen LogP contribution in [0.2, 0.25) is 0 Å². The number of para-hydroxylation sites is 1. The van der Waals surface area contributed by atoms with Gasteiger partial charge < -0.3 is 16.0 Å². The van der Waals surface area contributed by atoms with Crippen molar-refractivity contribution in [2.24, 2.45) is 0 Å². The third-order valence-electron chi connectivity index (χ3n) is 4.06. The topological polar surface area (TPSA) is 113 Å². The van der Waals surface area contributed by atoms with Crippen LogP contribution in [0.1, 0.15) is 26.2 Å². The van der Waals surface area contributed by atoms with Crippen molar-refractivity contribution in [3.63, 3.8) is 0 Å². The number of rotatable bonds is 8. The zero-order valence-corrected chi connectivity index (χ0v) is 15.1. The molecule has 2 aromatic rings. The summed E-state index contributed by atoms with van der Waals surface area (Å²) in [6.45, 7) is 2.73. The molecule has 1 amide bonds. The zero-order valence-electron chi connectivity index (χ0n) is 15.1. The van der Waals surface area contributed by atoms with Crippen LogP contribution in [0, 0.1) is 0 Å². The first-order valence-electron chi connectivity index (χ1n) is 8.62. The molecule has 0 atom stereocenters. The number of carbonyl (C=O) groups excluding carboxylic acids is 1. The van der Waals surface area contributed by atoms with Crippen LogP contribution in [0.25, 0.3) is 0 Å². The largest absolute Gasteiger partial charge is 0.383 e. The van der Waals surface area contributed by atoms with E-state index in [9.17, 15) is 14.4 Å². The smallest absolute Gasteiger partial charge is 0.330 e. The predicted molar refractivity (Wildman–Crippen MR) is 104 cm³/mol. The molecular formula is C18H25N5O3. The highest BCUT2D eigenvalue weighted by Crippen LogP contribution is 2.16. The number of amides is 1. The van der Waals surface area contributed by atoms with Crippen molar-refractivity contribution in [1.29, 1.82) is 0 Å². The van der Waals surface area contributed by atoms with Crippen LogP contribution < -0.4 is 27.2 Å². The Morgan fingerprint density at radius 1 is 1.27 bits per heavy atom. The van der Waals surface area contributed by atoms with E-state index in [0.29, 0.717) is 12.2 Å². The Morgan fingerprint density at radius 3 is 2.62 bits per heavy atom. The molecule has 26 heavy (non-hydrogen) atoms. The number of unbranched alkanes of at least 4 members (excludes halogenated alkanes) is 1. The summed E-state index contributed by atoms with van der Waals surface area (Å²) in [6.07, 6.45) is 1.85. The van der Waals surface area contributed by atoms with Crippen molar-refractivity contribution >= 4 is 23.1 Å². The van der Waals surface area contributed by atoms with Crippen LogP contribution in [0.15, 0.2) is 39.9 Å². The van der Waals surface area contributed by atoms with Crippen molar-refractivity contribution in [1.82, 2.24) is 9.55 Å². The summed E-state index contributed by atoms with van der Waals surface area (Å²) in [4.78, 5) is 40.1. The van der Waals surface area contributed by atoms with Crippen LogP contribution in [-0.2, 0) is 11.3 Å². The van der Waals surface area contributed by atoms with Gasteiger partial charge in [0.1, 0.15) is 11.5 Å². The fourth-order valence-corrected chi connectivity index (χ4v) is 2.61. The summed E-state index contributed by atoms with van der Waals surface area (Å²) >= 11 is 0. The summed E-state index contributed by atoms with van der Waals surface area (Å²) < 4.78 is 1.36. The normalized spacial score (nSPS) is 10.5. The van der Waals surface area contributed by atoms with Crippen LogP contribution in [0.3, 0.4) is 0 Å². The van der Waals surface area contributed by atoms with Crippen LogP contribution in [0.5, 0.6) is 0 Å². The number of anilines is 3. The van der Waals surface area contributed by atoms with Crippen molar-refractivity contribution in [3.8, 4) is 0 Å². The van der Waals surface area contributed by atoms with E-state index in [2.05, 4.69) is 10.3 Å². The van der Waals surface area contributed by atoms with Gasteiger partial charge in [0.05, 0.1) is 0 Å². The zero-order chi connectivity index (χ0) is 19.1. The molecule has 0 aliphatic carbocycles. The lowest BCUT2D eigenvalue weighted by molar-refractivity contribution is -0.116. The molecule has 0 bridgehead atoms. The molecule has 1 aromatic heterocycles. The molecule has 8 heteroatoms. The van der Waals surface area contributed by atoms with Gasteiger partial charge in [-0.2, -0.15) is 0 Å². The lowest BCUT2D eigenvalue weighted by Crippen LogP contribution is -2.38. The number of nitrogens with zero attached hydrogens (tertiary/aromatic N) is 2. The van der Waals surface area contributed by atoms with Crippen molar-refractivity contribution in [2.45, 2.75) is 32.7 Å². The first-order chi connectivity index (χ1) is 12.4. The molecule has 0 unspecified atom stereocenters. The Labute approximate surface area is 151 Å². The molecule has 1 aromatic carbocycles. The molecule has 2 rings (SSSR count). The number of nitrogens with one attached hydrogen (secondary N) is 2. The molecule has 1 heterocycles. The number of nitrogen functional groups attached to an aromatic ring is 1. The first-order valence-corrected chi connectivity index (χ1v) is 8.62. The van der Waals surface area contributed by atoms with Gasteiger partial charge in [-0.3, -0.25) is 19.1 Å². The molecule has 140 valence electrons. The second-order valence-corrected chi connectivity index (χ2v) is 6.08. The Bertz CT molecular complexity index is 857. The third-order valence-corrected chi connectivity index (χ3v) is 4.06. The van der Waals surface area contributed by atoms with Gasteiger partial charge in [-0.05, 0) is 18.6 Å². The minimum absolute atomic E-state index is 0.123. The highest BCUT2D eigenvalue weighted by molar-refractivity contribution is 5.91. The van der Waals surface area contributed by atoms with Crippen LogP contribution in [0.4, 0.5) is 17.2 Å². The lowest BCUT2D eigenvalue weighted by Gasteiger charge is -2.21. The molecule has 0 spiro atoms. The molecule has 0 aliphatic rings. The van der Waals surface area contributed by atoms with E-state index in [1.54, 1.807) is 24.1 Å². The number of H-pyrrole nitrogens is 1. The number of hydrogen-bond donors (Lipinski definition) is 3. The van der Waals surface area contributed by atoms with Gasteiger partial charge in [-0.15, -0.1) is 0 Å². The average molecular weight is 359 g/mol. The first kappa shape index (κ1) is 19.3. The van der Waals surface area contributed by atoms with E-state index in [0.717, 1.165) is 12.8 Å². The molecule has 4 N–H and O–H groups in total. The van der Waals surface area contributed by atoms with Gasteiger partial charge in [-0.25, -0.2) is 4.79 Å². The number of hydrogen-bond acceptors (Lipinski definition) is 5. The number of aromatic amines is 1. The summed E-state index contributed by atoms with van der Waals surface area (Å²) in [5.41, 5.74) is 5.91. The predicted octanol–water partition coefficient (Wildman–Crippen LogP) is 1.38. The van der Waals surface area contributed by atoms with E-state index in [1.807, 2.05) is 25.1 Å². The summed E-state index contributed by atoms with van der Waals surface area (Å²) in [6, 6.07) is 9.14.